The molecule has 0 radical (unpaired) electrons. The lowest BCUT2D eigenvalue weighted by Gasteiger charge is -2.25. The van der Waals surface area contributed by atoms with Crippen molar-refractivity contribution in [2.75, 3.05) is 13.6 Å². The molecule has 0 aliphatic heterocycles. The number of aryl methyl sites for hydroxylation is 5. The molecule has 4 heteroatoms. The number of phenols is 2. The standard InChI is InChI=1S/C65H82N2O2/c1-15-44(17-16-18-47-31-43(4)35-60(62(47)69)67-58-27-24-51(64(8,9)10)38-56(58)57-39-52(65(11,12)13)25-28-59(57)67)29-30-66(14)40-49-33-42(3)32-48(61(49)68)36-46-22-21-45-20-19-41(2)34-54(45)55-37-50(63(5,6)7)23-26-53(46)55/h19-20,23-28,31-35,37-39,44,46,68-69H,15-18,21-22,29-30,36,40H2,1-14H3. The maximum Gasteiger partial charge on any atom is 0.142 e. The number of rotatable bonds is 13. The Balaban J connectivity index is 0.951. The molecule has 2 unspecified atom stereocenters. The van der Waals surface area contributed by atoms with Gasteiger partial charge in [-0.2, -0.15) is 0 Å². The molecule has 1 aliphatic carbocycles. The van der Waals surface area contributed by atoms with Gasteiger partial charge in [0.25, 0.3) is 0 Å². The third-order valence-corrected chi connectivity index (χ3v) is 15.6. The predicted octanol–water partition coefficient (Wildman–Crippen LogP) is 16.8. The largest absolute Gasteiger partial charge is 0.507 e. The van der Waals surface area contributed by atoms with Crippen LogP contribution in [0.4, 0.5) is 0 Å². The Morgan fingerprint density at radius 2 is 1.19 bits per heavy atom. The van der Waals surface area contributed by atoms with Crippen LogP contribution in [0.15, 0.2) is 97.1 Å². The summed E-state index contributed by atoms with van der Waals surface area (Å²) in [4.78, 5) is 2.40. The van der Waals surface area contributed by atoms with Gasteiger partial charge in [-0.15, -0.1) is 0 Å². The van der Waals surface area contributed by atoms with Crippen LogP contribution < -0.4 is 0 Å². The molecule has 0 fully saturated rings. The zero-order valence-corrected chi connectivity index (χ0v) is 44.8. The second-order valence-electron chi connectivity index (χ2n) is 24.4. The topological polar surface area (TPSA) is 48.6 Å². The SMILES string of the molecule is CCC(CCCc1cc(C)cc(-n2c3ccc(C(C)(C)C)cc3c3cc(C(C)(C)C)ccc32)c1O)CCN(C)Cc1cc(C)cc(CC2CCc3ccc(C)cc3-c3cc(C(C)(C)C)ccc32)c1O. The number of phenolic OH excluding ortho intramolecular Hbond substituents is 2. The van der Waals surface area contributed by atoms with Crippen LogP contribution in [-0.4, -0.2) is 33.3 Å². The van der Waals surface area contributed by atoms with Crippen molar-refractivity contribution < 1.29 is 10.2 Å². The molecule has 0 amide bonds. The molecule has 6 aromatic carbocycles. The number of benzene rings is 6. The minimum atomic E-state index is 0.0247. The van der Waals surface area contributed by atoms with Crippen LogP contribution in [-0.2, 0) is 42.1 Å². The van der Waals surface area contributed by atoms with Crippen LogP contribution in [0.25, 0.3) is 38.6 Å². The maximum atomic E-state index is 12.2. The molecule has 2 N–H and O–H groups in total. The Morgan fingerprint density at radius 1 is 0.609 bits per heavy atom. The van der Waals surface area contributed by atoms with Crippen LogP contribution in [0.2, 0.25) is 0 Å². The lowest BCUT2D eigenvalue weighted by molar-refractivity contribution is 0.278. The van der Waals surface area contributed by atoms with Crippen molar-refractivity contribution in [2.45, 2.75) is 170 Å². The van der Waals surface area contributed by atoms with Gasteiger partial charge in [-0.05, 0) is 187 Å². The molecule has 0 saturated heterocycles. The molecule has 0 bridgehead atoms. The highest BCUT2D eigenvalue weighted by atomic mass is 16.3. The highest BCUT2D eigenvalue weighted by Gasteiger charge is 2.28. The summed E-state index contributed by atoms with van der Waals surface area (Å²) in [7, 11) is 2.20. The van der Waals surface area contributed by atoms with E-state index in [-0.39, 0.29) is 16.2 Å². The van der Waals surface area contributed by atoms with Crippen LogP contribution >= 0.6 is 0 Å². The zero-order valence-electron chi connectivity index (χ0n) is 44.8. The van der Waals surface area contributed by atoms with Gasteiger partial charge in [0, 0.05) is 22.9 Å². The summed E-state index contributed by atoms with van der Waals surface area (Å²) < 4.78 is 2.30. The summed E-state index contributed by atoms with van der Waals surface area (Å²) in [5.41, 5.74) is 19.6. The number of aromatic hydroxyl groups is 2. The summed E-state index contributed by atoms with van der Waals surface area (Å²) in [5.74, 6) is 1.75. The van der Waals surface area contributed by atoms with Gasteiger partial charge in [-0.3, -0.25) is 0 Å². The van der Waals surface area contributed by atoms with E-state index in [0.717, 1.165) is 103 Å². The van der Waals surface area contributed by atoms with Gasteiger partial charge in [-0.1, -0.05) is 160 Å². The molecular weight excluding hydrogens is 841 g/mol. The maximum absolute atomic E-state index is 12.2. The second-order valence-corrected chi connectivity index (χ2v) is 24.4. The Morgan fingerprint density at radius 3 is 1.81 bits per heavy atom. The van der Waals surface area contributed by atoms with E-state index in [9.17, 15) is 10.2 Å². The number of fused-ring (bicyclic) bond motifs is 6. The van der Waals surface area contributed by atoms with Crippen LogP contribution in [0.1, 0.15) is 168 Å². The first kappa shape index (κ1) is 50.1. The highest BCUT2D eigenvalue weighted by molar-refractivity contribution is 6.10. The Hall–Kier alpha value is -5.32. The van der Waals surface area contributed by atoms with Gasteiger partial charge in [0.1, 0.15) is 11.5 Å². The zero-order chi connectivity index (χ0) is 49.7. The Bertz CT molecular complexity index is 2930. The van der Waals surface area contributed by atoms with Crippen molar-refractivity contribution in [1.29, 1.82) is 0 Å². The lowest BCUT2D eigenvalue weighted by atomic mass is 9.80. The molecule has 1 heterocycles. The lowest BCUT2D eigenvalue weighted by Crippen LogP contribution is -2.21. The van der Waals surface area contributed by atoms with Crippen molar-refractivity contribution in [1.82, 2.24) is 9.47 Å². The van der Waals surface area contributed by atoms with Gasteiger partial charge < -0.3 is 19.7 Å². The third kappa shape index (κ3) is 10.7. The van der Waals surface area contributed by atoms with E-state index in [1.807, 2.05) is 0 Å². The van der Waals surface area contributed by atoms with Gasteiger partial charge in [0.05, 0.1) is 16.7 Å². The van der Waals surface area contributed by atoms with E-state index in [0.29, 0.717) is 23.3 Å². The van der Waals surface area contributed by atoms with Crippen LogP contribution in [0.3, 0.4) is 0 Å². The Labute approximate surface area is 415 Å². The average Bonchev–Trinajstić information content (AvgIpc) is 3.52. The number of hydrogen-bond acceptors (Lipinski definition) is 3. The summed E-state index contributed by atoms with van der Waals surface area (Å²) in [6.45, 7) is 31.1. The molecule has 1 aromatic heterocycles. The summed E-state index contributed by atoms with van der Waals surface area (Å²) >= 11 is 0. The molecule has 1 aliphatic rings. The molecular formula is C65H82N2O2. The van der Waals surface area contributed by atoms with E-state index in [4.69, 9.17) is 0 Å². The Kier molecular flexibility index (Phi) is 14.1. The van der Waals surface area contributed by atoms with E-state index >= 15 is 0 Å². The minimum Gasteiger partial charge on any atom is -0.507 e. The first-order chi connectivity index (χ1) is 32.5. The van der Waals surface area contributed by atoms with Crippen LogP contribution in [0.5, 0.6) is 11.5 Å². The van der Waals surface area contributed by atoms with Gasteiger partial charge >= 0.3 is 0 Å². The quantitative estimate of drug-likeness (QED) is 0.121. The third-order valence-electron chi connectivity index (χ3n) is 15.6. The average molecular weight is 923 g/mol. The smallest absolute Gasteiger partial charge is 0.142 e. The molecule has 7 aromatic rings. The predicted molar refractivity (Wildman–Crippen MR) is 295 cm³/mol. The second kappa shape index (κ2) is 19.5. The van der Waals surface area contributed by atoms with Gasteiger partial charge in [0.15, 0.2) is 0 Å². The molecule has 0 saturated carbocycles. The first-order valence-electron chi connectivity index (χ1n) is 26.2. The molecule has 4 nitrogen and oxygen atoms in total. The monoisotopic (exact) mass is 923 g/mol. The minimum absolute atomic E-state index is 0.0247. The fourth-order valence-electron chi connectivity index (χ4n) is 11.3. The summed E-state index contributed by atoms with van der Waals surface area (Å²) in [6.07, 6.45) is 8.10. The van der Waals surface area contributed by atoms with E-state index < -0.39 is 0 Å². The van der Waals surface area contributed by atoms with Gasteiger partial charge in [0.2, 0.25) is 0 Å². The van der Waals surface area contributed by atoms with E-state index in [1.165, 1.54) is 60.8 Å². The molecule has 2 atom stereocenters. The molecule has 8 rings (SSSR count). The number of nitrogens with zero attached hydrogens (tertiary/aromatic N) is 2. The molecule has 0 spiro atoms. The summed E-state index contributed by atoms with van der Waals surface area (Å²) in [6, 6.07) is 36.7. The summed E-state index contributed by atoms with van der Waals surface area (Å²) in [5, 5.41) is 26.6. The fraction of sp³-hybridized carbons (Fsp3) is 0.446. The number of aromatic nitrogens is 1. The van der Waals surface area contributed by atoms with Crippen LogP contribution in [0, 0.1) is 26.7 Å². The highest BCUT2D eigenvalue weighted by Crippen LogP contribution is 2.44. The fourth-order valence-corrected chi connectivity index (χ4v) is 11.3. The van der Waals surface area contributed by atoms with E-state index in [1.54, 1.807) is 0 Å². The first-order valence-corrected chi connectivity index (χ1v) is 26.2. The van der Waals surface area contributed by atoms with Crippen molar-refractivity contribution in [3.63, 3.8) is 0 Å². The van der Waals surface area contributed by atoms with Gasteiger partial charge in [-0.25, -0.2) is 0 Å². The molecule has 364 valence electrons. The van der Waals surface area contributed by atoms with Crippen molar-refractivity contribution in [3.8, 4) is 28.3 Å². The normalized spacial score (nSPS) is 14.9. The van der Waals surface area contributed by atoms with Crippen molar-refractivity contribution >= 4 is 21.8 Å². The van der Waals surface area contributed by atoms with Crippen molar-refractivity contribution in [2.24, 2.45) is 5.92 Å². The molecule has 69 heavy (non-hydrogen) atoms. The number of hydrogen-bond donors (Lipinski definition) is 2. The van der Waals surface area contributed by atoms with E-state index in [2.05, 4.69) is 204 Å². The van der Waals surface area contributed by atoms with Crippen molar-refractivity contribution in [3.05, 3.63) is 158 Å².